The lowest BCUT2D eigenvalue weighted by molar-refractivity contribution is 0.270. The zero-order chi connectivity index (χ0) is 10.8. The van der Waals surface area contributed by atoms with Crippen LogP contribution in [0.1, 0.15) is 32.4 Å². The normalized spacial score (nSPS) is 13.1. The Morgan fingerprint density at radius 1 is 1.50 bits per heavy atom. The summed E-state index contributed by atoms with van der Waals surface area (Å²) in [6.07, 6.45) is 2.04. The zero-order valence-corrected chi connectivity index (χ0v) is 9.07. The number of rotatable bonds is 4. The van der Waals surface area contributed by atoms with Gasteiger partial charge in [-0.2, -0.15) is 0 Å². The Kier molecular flexibility index (Phi) is 3.14. The van der Waals surface area contributed by atoms with Gasteiger partial charge in [0.1, 0.15) is 5.16 Å². The Morgan fingerprint density at radius 2 is 2.07 bits per heavy atom. The van der Waals surface area contributed by atoms with Gasteiger partial charge in [-0.1, -0.05) is 19.0 Å². The van der Waals surface area contributed by atoms with Gasteiger partial charge in [0.15, 0.2) is 5.76 Å². The molecule has 0 aliphatic rings. The molecule has 2 N–H and O–H groups in total. The lowest BCUT2D eigenvalue weighted by Gasteiger charge is -2.29. The lowest BCUT2D eigenvalue weighted by atomic mass is 9.99. The number of hydrogen-bond acceptors (Lipinski definition) is 3. The average Bonchev–Trinajstić information content (AvgIpc) is 2.58. The molecule has 0 saturated carbocycles. The third kappa shape index (κ3) is 1.63. The molecular weight excluding hydrogens is 205 g/mol. The van der Waals surface area contributed by atoms with Crippen LogP contribution in [0.15, 0.2) is 16.8 Å². The van der Waals surface area contributed by atoms with Crippen molar-refractivity contribution < 1.29 is 18.9 Å². The van der Waals surface area contributed by atoms with E-state index in [1.54, 1.807) is 13.8 Å². The highest BCUT2D eigenvalue weighted by atomic mass is 31.2. The fraction of sp³-hybridized carbons (Fsp3) is 0.625. The number of hydrogen-bond donors (Lipinski definition) is 2. The number of nitrogens with zero attached hydrogens (tertiary/aromatic N) is 1. The van der Waals surface area contributed by atoms with Crippen molar-refractivity contribution in [2.45, 2.75) is 31.8 Å². The molecule has 1 rings (SSSR count). The third-order valence-electron chi connectivity index (χ3n) is 2.62. The quantitative estimate of drug-likeness (QED) is 0.755. The molecule has 6 heteroatoms. The second-order valence-electron chi connectivity index (χ2n) is 3.16. The maximum atomic E-state index is 11.4. The minimum atomic E-state index is -4.23. The van der Waals surface area contributed by atoms with Gasteiger partial charge in [0.25, 0.3) is 0 Å². The highest BCUT2D eigenvalue weighted by Gasteiger charge is 2.48. The summed E-state index contributed by atoms with van der Waals surface area (Å²) in [5.41, 5.74) is 0. The highest BCUT2D eigenvalue weighted by Crippen LogP contribution is 2.60. The van der Waals surface area contributed by atoms with Crippen molar-refractivity contribution in [3.8, 4) is 0 Å². The molecule has 1 heterocycles. The van der Waals surface area contributed by atoms with Gasteiger partial charge in [-0.25, -0.2) is 0 Å². The topological polar surface area (TPSA) is 83.6 Å². The van der Waals surface area contributed by atoms with E-state index in [4.69, 9.17) is 4.52 Å². The van der Waals surface area contributed by atoms with Gasteiger partial charge in [0, 0.05) is 6.07 Å². The van der Waals surface area contributed by atoms with E-state index in [1.165, 1.54) is 12.3 Å². The first-order valence-electron chi connectivity index (χ1n) is 4.44. The molecule has 0 amide bonds. The highest BCUT2D eigenvalue weighted by molar-refractivity contribution is 7.53. The summed E-state index contributed by atoms with van der Waals surface area (Å²) in [6.45, 7) is 3.45. The molecule has 0 unspecified atom stereocenters. The monoisotopic (exact) mass is 219 g/mol. The maximum absolute atomic E-state index is 11.4. The van der Waals surface area contributed by atoms with Crippen LogP contribution in [0.3, 0.4) is 0 Å². The van der Waals surface area contributed by atoms with Gasteiger partial charge in [-0.15, -0.1) is 0 Å². The first-order chi connectivity index (χ1) is 6.48. The predicted molar refractivity (Wildman–Crippen MR) is 50.8 cm³/mol. The van der Waals surface area contributed by atoms with Gasteiger partial charge >= 0.3 is 7.60 Å². The molecule has 80 valence electrons. The molecule has 0 fully saturated rings. The van der Waals surface area contributed by atoms with E-state index in [-0.39, 0.29) is 5.76 Å². The molecule has 1 aromatic rings. The molecule has 0 atom stereocenters. The van der Waals surface area contributed by atoms with E-state index in [1.807, 2.05) is 0 Å². The van der Waals surface area contributed by atoms with Crippen LogP contribution in [0.5, 0.6) is 0 Å². The Balaban J connectivity index is 3.25. The fourth-order valence-corrected chi connectivity index (χ4v) is 2.84. The smallest absolute Gasteiger partial charge is 0.339 e. The standard InChI is InChI=1S/C8H14NO4P/c1-3-8(4-2,14(10,11)12)7-5-6-9-13-7/h5-6H,3-4H2,1-2H3,(H2,10,11,12). The lowest BCUT2D eigenvalue weighted by Crippen LogP contribution is -2.23. The predicted octanol–water partition coefficient (Wildman–Crippen LogP) is 1.87. The Hall–Kier alpha value is -0.640. The van der Waals surface area contributed by atoms with Gasteiger partial charge in [0.05, 0.1) is 6.20 Å². The first kappa shape index (κ1) is 11.4. The second-order valence-corrected chi connectivity index (χ2v) is 5.10. The minimum absolute atomic E-state index is 0.260. The van der Waals surface area contributed by atoms with Crippen LogP contribution in [0.4, 0.5) is 0 Å². The fourth-order valence-electron chi connectivity index (χ4n) is 1.61. The van der Waals surface area contributed by atoms with Crippen LogP contribution >= 0.6 is 7.60 Å². The van der Waals surface area contributed by atoms with Crippen LogP contribution in [-0.4, -0.2) is 14.9 Å². The van der Waals surface area contributed by atoms with Crippen molar-refractivity contribution in [1.82, 2.24) is 5.16 Å². The summed E-state index contributed by atoms with van der Waals surface area (Å²) in [5, 5.41) is 2.26. The Morgan fingerprint density at radius 3 is 2.36 bits per heavy atom. The van der Waals surface area contributed by atoms with Crippen LogP contribution < -0.4 is 0 Å². The molecule has 0 radical (unpaired) electrons. The zero-order valence-electron chi connectivity index (χ0n) is 8.17. The summed E-state index contributed by atoms with van der Waals surface area (Å²) in [4.78, 5) is 18.6. The molecule has 0 saturated heterocycles. The Bertz CT molecular complexity index is 325. The van der Waals surface area contributed by atoms with Gasteiger partial charge < -0.3 is 14.3 Å². The molecular formula is C8H14NO4P. The van der Waals surface area contributed by atoms with E-state index < -0.39 is 12.8 Å². The van der Waals surface area contributed by atoms with Crippen molar-refractivity contribution in [3.63, 3.8) is 0 Å². The molecule has 1 aromatic heterocycles. The van der Waals surface area contributed by atoms with Crippen LogP contribution in [-0.2, 0) is 9.72 Å². The average molecular weight is 219 g/mol. The molecule has 0 aliphatic heterocycles. The molecule has 14 heavy (non-hydrogen) atoms. The van der Waals surface area contributed by atoms with Crippen LogP contribution in [0, 0.1) is 0 Å². The van der Waals surface area contributed by atoms with Crippen LogP contribution in [0.25, 0.3) is 0 Å². The SMILES string of the molecule is CCC(CC)(c1ccno1)P(=O)(O)O. The van der Waals surface area contributed by atoms with Crippen LogP contribution in [0.2, 0.25) is 0 Å². The summed E-state index contributed by atoms with van der Waals surface area (Å²) in [7, 11) is -4.23. The number of aromatic nitrogens is 1. The second kappa shape index (κ2) is 3.85. The van der Waals surface area contributed by atoms with Crippen molar-refractivity contribution in [1.29, 1.82) is 0 Å². The van der Waals surface area contributed by atoms with E-state index in [0.717, 1.165) is 0 Å². The van der Waals surface area contributed by atoms with Crippen molar-refractivity contribution in [2.24, 2.45) is 0 Å². The van der Waals surface area contributed by atoms with Crippen molar-refractivity contribution in [2.75, 3.05) is 0 Å². The van der Waals surface area contributed by atoms with E-state index >= 15 is 0 Å². The van der Waals surface area contributed by atoms with Crippen molar-refractivity contribution >= 4 is 7.60 Å². The third-order valence-corrected chi connectivity index (χ3v) is 4.59. The van der Waals surface area contributed by atoms with E-state index in [0.29, 0.717) is 12.8 Å². The molecule has 0 bridgehead atoms. The van der Waals surface area contributed by atoms with Gasteiger partial charge in [0.2, 0.25) is 0 Å². The first-order valence-corrected chi connectivity index (χ1v) is 6.06. The van der Waals surface area contributed by atoms with Gasteiger partial charge in [-0.05, 0) is 12.8 Å². The molecule has 0 aliphatic carbocycles. The summed E-state index contributed by atoms with van der Waals surface area (Å²) in [6, 6.07) is 1.51. The summed E-state index contributed by atoms with van der Waals surface area (Å²) >= 11 is 0. The largest absolute Gasteiger partial charge is 0.360 e. The molecule has 5 nitrogen and oxygen atoms in total. The molecule has 0 aromatic carbocycles. The minimum Gasteiger partial charge on any atom is -0.360 e. The van der Waals surface area contributed by atoms with Gasteiger partial charge in [-0.3, -0.25) is 4.57 Å². The molecule has 0 spiro atoms. The van der Waals surface area contributed by atoms with Crippen molar-refractivity contribution in [3.05, 3.63) is 18.0 Å². The van der Waals surface area contributed by atoms with E-state index in [9.17, 15) is 14.4 Å². The summed E-state index contributed by atoms with van der Waals surface area (Å²) < 4.78 is 16.3. The maximum Gasteiger partial charge on any atom is 0.339 e. The Labute approximate surface area is 82.3 Å². The summed E-state index contributed by atoms with van der Waals surface area (Å²) in [5.74, 6) is 0.260. The van der Waals surface area contributed by atoms with E-state index in [2.05, 4.69) is 5.16 Å².